The number of carbonyl (C=O) groups is 2. The van der Waals surface area contributed by atoms with E-state index in [4.69, 9.17) is 10.8 Å². The van der Waals surface area contributed by atoms with E-state index < -0.39 is 17.9 Å². The van der Waals surface area contributed by atoms with Gasteiger partial charge in [0.2, 0.25) is 5.91 Å². The normalized spacial score (nSPS) is 10.9. The number of likely N-dealkylation sites (N-methyl/N-ethyl adjacent to an activating group) is 1. The van der Waals surface area contributed by atoms with Crippen LogP contribution in [0.25, 0.3) is 0 Å². The van der Waals surface area contributed by atoms with E-state index in [2.05, 4.69) is 12.0 Å². The highest BCUT2D eigenvalue weighted by atomic mass is 16.5. The lowest BCUT2D eigenvalue weighted by Crippen LogP contribution is -2.34. The average Bonchev–Trinajstić information content (AvgIpc) is 2.40. The fourth-order valence-electron chi connectivity index (χ4n) is 1.46. The van der Waals surface area contributed by atoms with Crippen LogP contribution in [0.1, 0.15) is 18.4 Å². The van der Waals surface area contributed by atoms with Gasteiger partial charge in [0.1, 0.15) is 12.8 Å². The molecule has 0 bridgehead atoms. The number of amides is 1. The van der Waals surface area contributed by atoms with E-state index in [0.29, 0.717) is 11.3 Å². The second-order valence-electron chi connectivity index (χ2n) is 4.31. The number of nitrogens with one attached hydrogen (secondary N) is 1. The van der Waals surface area contributed by atoms with Crippen LogP contribution in [0.3, 0.4) is 0 Å². The summed E-state index contributed by atoms with van der Waals surface area (Å²) in [5, 5.41) is 21.4. The minimum Gasteiger partial charge on any atom is -0.624 e. The summed E-state index contributed by atoms with van der Waals surface area (Å²) < 4.78 is 0.662. The number of carboxylic acid groups (broad SMARTS) is 1. The third-order valence-corrected chi connectivity index (χ3v) is 2.53. The topological polar surface area (TPSA) is 118 Å². The smallest absolute Gasteiger partial charge is 0.320 e. The summed E-state index contributed by atoms with van der Waals surface area (Å²) in [6, 6.07) is 8.84. The molecule has 0 saturated heterocycles. The lowest BCUT2D eigenvalue weighted by Gasteiger charge is -2.08. The SMILES string of the molecule is C=[N+]([O-])Cc1ccccc1.CN[C@@H](CCC(N)=O)C(=O)O. The van der Waals surface area contributed by atoms with Crippen molar-refractivity contribution in [2.45, 2.75) is 25.4 Å². The molecule has 7 nitrogen and oxygen atoms in total. The van der Waals surface area contributed by atoms with Crippen molar-refractivity contribution in [1.29, 1.82) is 0 Å². The van der Waals surface area contributed by atoms with Gasteiger partial charge in [0.15, 0.2) is 6.54 Å². The zero-order valence-corrected chi connectivity index (χ0v) is 12.0. The van der Waals surface area contributed by atoms with Crippen molar-refractivity contribution in [2.75, 3.05) is 7.05 Å². The molecule has 116 valence electrons. The summed E-state index contributed by atoms with van der Waals surface area (Å²) in [7, 11) is 1.53. The molecular formula is C14H21N3O4. The van der Waals surface area contributed by atoms with Crippen molar-refractivity contribution in [3.05, 3.63) is 41.1 Å². The number of aliphatic carboxylic acids is 1. The number of nitrogens with zero attached hydrogens (tertiary/aromatic N) is 1. The number of benzene rings is 1. The third-order valence-electron chi connectivity index (χ3n) is 2.53. The van der Waals surface area contributed by atoms with E-state index in [9.17, 15) is 14.8 Å². The molecule has 1 amide bonds. The molecule has 0 heterocycles. The molecule has 0 spiro atoms. The first kappa shape index (κ1) is 18.6. The minimum atomic E-state index is -0.964. The summed E-state index contributed by atoms with van der Waals surface area (Å²) in [4.78, 5) is 20.6. The van der Waals surface area contributed by atoms with Crippen LogP contribution in [0.5, 0.6) is 0 Å². The molecule has 0 aromatic heterocycles. The molecule has 0 saturated carbocycles. The predicted molar refractivity (Wildman–Crippen MR) is 79.8 cm³/mol. The van der Waals surface area contributed by atoms with Gasteiger partial charge in [-0.15, -0.1) is 0 Å². The maximum Gasteiger partial charge on any atom is 0.320 e. The summed E-state index contributed by atoms with van der Waals surface area (Å²) in [5.74, 6) is -1.44. The van der Waals surface area contributed by atoms with Crippen molar-refractivity contribution >= 4 is 18.6 Å². The van der Waals surface area contributed by atoms with Crippen molar-refractivity contribution < 1.29 is 19.4 Å². The highest BCUT2D eigenvalue weighted by Gasteiger charge is 2.14. The van der Waals surface area contributed by atoms with Gasteiger partial charge in [0, 0.05) is 12.0 Å². The molecular weight excluding hydrogens is 274 g/mol. The zero-order chi connectivity index (χ0) is 16.3. The van der Waals surface area contributed by atoms with Crippen LogP contribution >= 0.6 is 0 Å². The second-order valence-corrected chi connectivity index (χ2v) is 4.31. The van der Waals surface area contributed by atoms with E-state index in [1.807, 2.05) is 30.3 Å². The van der Waals surface area contributed by atoms with Gasteiger partial charge in [-0.05, 0) is 13.5 Å². The van der Waals surface area contributed by atoms with Crippen LogP contribution in [-0.4, -0.2) is 41.5 Å². The molecule has 0 aliphatic carbocycles. The number of rotatable bonds is 7. The van der Waals surface area contributed by atoms with E-state index >= 15 is 0 Å². The van der Waals surface area contributed by atoms with Crippen molar-refractivity contribution in [2.24, 2.45) is 5.73 Å². The molecule has 4 N–H and O–H groups in total. The Bertz CT molecular complexity index is 463. The van der Waals surface area contributed by atoms with E-state index in [1.165, 1.54) is 7.05 Å². The maximum atomic E-state index is 10.4. The van der Waals surface area contributed by atoms with Gasteiger partial charge in [0.25, 0.3) is 0 Å². The highest BCUT2D eigenvalue weighted by molar-refractivity contribution is 5.77. The molecule has 0 fully saturated rings. The maximum absolute atomic E-state index is 10.4. The van der Waals surface area contributed by atoms with Gasteiger partial charge >= 0.3 is 5.97 Å². The Morgan fingerprint density at radius 3 is 2.38 bits per heavy atom. The second kappa shape index (κ2) is 10.4. The third kappa shape index (κ3) is 10.1. The lowest BCUT2D eigenvalue weighted by atomic mass is 10.1. The number of carbonyl (C=O) groups excluding carboxylic acids is 1. The van der Waals surface area contributed by atoms with Crippen LogP contribution in [0, 0.1) is 5.21 Å². The molecule has 0 radical (unpaired) electrons. The van der Waals surface area contributed by atoms with Crippen molar-refractivity contribution in [3.8, 4) is 0 Å². The standard InChI is InChI=1S/C8H9NO.C6H12N2O3/c1-9(10)7-8-5-3-2-4-6-8;1-8-4(6(10)11)2-3-5(7)9/h2-6H,1,7H2;4,8H,2-3H2,1H3,(H2,7,9)(H,10,11)/t;4-/m.0/s1. The van der Waals surface area contributed by atoms with Crippen molar-refractivity contribution in [3.63, 3.8) is 0 Å². The van der Waals surface area contributed by atoms with E-state index in [1.54, 1.807) is 0 Å². The highest BCUT2D eigenvalue weighted by Crippen LogP contribution is 1.98. The van der Waals surface area contributed by atoms with E-state index in [-0.39, 0.29) is 12.8 Å². The Balaban J connectivity index is 0.000000382. The minimum absolute atomic E-state index is 0.0950. The molecule has 0 unspecified atom stereocenters. The monoisotopic (exact) mass is 295 g/mol. The van der Waals surface area contributed by atoms with Crippen molar-refractivity contribution in [1.82, 2.24) is 5.32 Å². The molecule has 0 aliphatic rings. The molecule has 1 aromatic rings. The van der Waals surface area contributed by atoms with Crippen LogP contribution in [0.4, 0.5) is 0 Å². The molecule has 7 heteroatoms. The largest absolute Gasteiger partial charge is 0.624 e. The Hall–Kier alpha value is -2.41. The average molecular weight is 295 g/mol. The summed E-state index contributed by atoms with van der Waals surface area (Å²) >= 11 is 0. The molecule has 1 rings (SSSR count). The summed E-state index contributed by atoms with van der Waals surface area (Å²) in [6.07, 6.45) is 0.332. The van der Waals surface area contributed by atoms with Gasteiger partial charge < -0.3 is 21.4 Å². The quantitative estimate of drug-likeness (QED) is 0.290. The van der Waals surface area contributed by atoms with Crippen LogP contribution in [0.2, 0.25) is 0 Å². The summed E-state index contributed by atoms with van der Waals surface area (Å²) in [6.45, 7) is 3.57. The Labute approximate surface area is 123 Å². The number of hydroxylamine groups is 1. The first-order chi connectivity index (χ1) is 9.86. The molecule has 21 heavy (non-hydrogen) atoms. The number of primary amides is 1. The van der Waals surface area contributed by atoms with Gasteiger partial charge in [-0.25, -0.2) is 4.74 Å². The van der Waals surface area contributed by atoms with Gasteiger partial charge in [0.05, 0.1) is 0 Å². The lowest BCUT2D eigenvalue weighted by molar-refractivity contribution is -0.465. The van der Waals surface area contributed by atoms with Gasteiger partial charge in [-0.1, -0.05) is 30.3 Å². The summed E-state index contributed by atoms with van der Waals surface area (Å²) in [5.41, 5.74) is 5.83. The zero-order valence-electron chi connectivity index (χ0n) is 12.0. The number of hydrogen-bond acceptors (Lipinski definition) is 4. The molecule has 1 aromatic carbocycles. The van der Waals surface area contributed by atoms with E-state index in [0.717, 1.165) is 5.56 Å². The first-order valence-electron chi connectivity index (χ1n) is 6.34. The Morgan fingerprint density at radius 2 is 2.00 bits per heavy atom. The fraction of sp³-hybridized carbons (Fsp3) is 0.357. The fourth-order valence-corrected chi connectivity index (χ4v) is 1.46. The Kier molecular flexibility index (Phi) is 9.19. The predicted octanol–water partition coefficient (Wildman–Crippen LogP) is 0.322. The first-order valence-corrected chi connectivity index (χ1v) is 6.34. The number of nitrogens with two attached hydrogens (primary N) is 1. The van der Waals surface area contributed by atoms with Gasteiger partial charge in [-0.2, -0.15) is 0 Å². The number of hydrogen-bond donors (Lipinski definition) is 3. The molecule has 0 aliphatic heterocycles. The Morgan fingerprint density at radius 1 is 1.43 bits per heavy atom. The van der Waals surface area contributed by atoms with Crippen LogP contribution in [0.15, 0.2) is 30.3 Å². The van der Waals surface area contributed by atoms with Gasteiger partial charge in [-0.3, -0.25) is 9.59 Å². The molecule has 1 atom stereocenters. The van der Waals surface area contributed by atoms with Crippen LogP contribution in [-0.2, 0) is 16.1 Å². The number of carboxylic acids is 1. The van der Waals surface area contributed by atoms with Crippen LogP contribution < -0.4 is 11.1 Å².